The maximum Gasteiger partial charge on any atom is 0.405 e. The largest absolute Gasteiger partial charge is 0.493 e. The summed E-state index contributed by atoms with van der Waals surface area (Å²) in [7, 11) is 0. The number of para-hydroxylation sites is 1. The minimum absolute atomic E-state index is 0.0146. The third kappa shape index (κ3) is 6.99. The molecule has 2 rings (SSSR count). The lowest BCUT2D eigenvalue weighted by molar-refractivity contribution is -0.123. The standard InChI is InChI=1S/C21H21F3N2O3/c1-3-29-18-7-5-4-6-15(18)10-11-19(27)26-17-12-16(9-8-14(17)2)20(28)25-13-21(22,23)24/h4-12H,3,13H2,1-2H3,(H,25,28)(H,26,27). The van der Waals surface area contributed by atoms with Crippen LogP contribution in [0.5, 0.6) is 5.75 Å². The summed E-state index contributed by atoms with van der Waals surface area (Å²) in [6.07, 6.45) is -1.59. The number of hydrogen-bond donors (Lipinski definition) is 2. The first-order valence-electron chi connectivity index (χ1n) is 8.86. The third-order valence-electron chi connectivity index (χ3n) is 3.84. The average Bonchev–Trinajstić information content (AvgIpc) is 2.67. The van der Waals surface area contributed by atoms with E-state index in [0.717, 1.165) is 5.56 Å². The highest BCUT2D eigenvalue weighted by molar-refractivity contribution is 6.03. The van der Waals surface area contributed by atoms with Crippen LogP contribution in [-0.2, 0) is 4.79 Å². The summed E-state index contributed by atoms with van der Waals surface area (Å²) in [5.74, 6) is -0.690. The normalized spacial score (nSPS) is 11.3. The molecule has 2 aromatic rings. The predicted molar refractivity (Wildman–Crippen MR) is 105 cm³/mol. The van der Waals surface area contributed by atoms with Gasteiger partial charge in [0.25, 0.3) is 5.91 Å². The van der Waals surface area contributed by atoms with Crippen molar-refractivity contribution in [3.63, 3.8) is 0 Å². The van der Waals surface area contributed by atoms with Crippen LogP contribution in [0.2, 0.25) is 0 Å². The van der Waals surface area contributed by atoms with Gasteiger partial charge in [0.1, 0.15) is 12.3 Å². The Bertz CT molecular complexity index is 908. The number of ether oxygens (including phenoxy) is 1. The first kappa shape index (κ1) is 22.0. The number of anilines is 1. The van der Waals surface area contributed by atoms with Crippen molar-refractivity contribution in [2.75, 3.05) is 18.5 Å². The van der Waals surface area contributed by atoms with Crippen LogP contribution in [0.3, 0.4) is 0 Å². The van der Waals surface area contributed by atoms with Gasteiger partial charge < -0.3 is 15.4 Å². The van der Waals surface area contributed by atoms with Crippen LogP contribution in [0.25, 0.3) is 6.08 Å². The fourth-order valence-electron chi connectivity index (χ4n) is 2.43. The highest BCUT2D eigenvalue weighted by Gasteiger charge is 2.28. The molecule has 8 heteroatoms. The molecule has 0 aliphatic rings. The van der Waals surface area contributed by atoms with Crippen molar-refractivity contribution in [2.45, 2.75) is 20.0 Å². The van der Waals surface area contributed by atoms with E-state index >= 15 is 0 Å². The number of alkyl halides is 3. The summed E-state index contributed by atoms with van der Waals surface area (Å²) in [6.45, 7) is 2.62. The first-order chi connectivity index (χ1) is 13.7. The van der Waals surface area contributed by atoms with E-state index in [9.17, 15) is 22.8 Å². The molecule has 2 N–H and O–H groups in total. The van der Waals surface area contributed by atoms with Crippen LogP contribution in [0, 0.1) is 6.92 Å². The Morgan fingerprint density at radius 3 is 2.55 bits per heavy atom. The Morgan fingerprint density at radius 1 is 1.14 bits per heavy atom. The number of amides is 2. The number of benzene rings is 2. The molecule has 29 heavy (non-hydrogen) atoms. The molecule has 5 nitrogen and oxygen atoms in total. The highest BCUT2D eigenvalue weighted by Crippen LogP contribution is 2.21. The maximum atomic E-state index is 12.3. The molecule has 0 unspecified atom stereocenters. The number of carbonyl (C=O) groups is 2. The zero-order valence-corrected chi connectivity index (χ0v) is 16.0. The molecule has 0 saturated carbocycles. The number of carbonyl (C=O) groups excluding carboxylic acids is 2. The second-order valence-corrected chi connectivity index (χ2v) is 6.12. The van der Waals surface area contributed by atoms with Gasteiger partial charge >= 0.3 is 6.18 Å². The molecule has 0 spiro atoms. The van der Waals surface area contributed by atoms with Crippen LogP contribution in [0.1, 0.15) is 28.4 Å². The molecular formula is C21H21F3N2O3. The first-order valence-corrected chi connectivity index (χ1v) is 8.86. The summed E-state index contributed by atoms with van der Waals surface area (Å²) in [4.78, 5) is 24.2. The molecule has 0 aliphatic carbocycles. The van der Waals surface area contributed by atoms with Gasteiger partial charge in [0.15, 0.2) is 0 Å². The highest BCUT2D eigenvalue weighted by atomic mass is 19.4. The molecule has 0 saturated heterocycles. The van der Waals surface area contributed by atoms with Crippen LogP contribution in [-0.4, -0.2) is 31.1 Å². The lowest BCUT2D eigenvalue weighted by Crippen LogP contribution is -2.33. The summed E-state index contributed by atoms with van der Waals surface area (Å²) in [6, 6.07) is 11.5. The second-order valence-electron chi connectivity index (χ2n) is 6.12. The SMILES string of the molecule is CCOc1ccccc1C=CC(=O)Nc1cc(C(=O)NCC(F)(F)F)ccc1C. The van der Waals surface area contributed by atoms with Crippen molar-refractivity contribution in [1.82, 2.24) is 5.32 Å². The molecule has 0 aromatic heterocycles. The van der Waals surface area contributed by atoms with Gasteiger partial charge in [0.2, 0.25) is 5.91 Å². The van der Waals surface area contributed by atoms with Gasteiger partial charge in [-0.15, -0.1) is 0 Å². The summed E-state index contributed by atoms with van der Waals surface area (Å²) < 4.78 is 42.3. The van der Waals surface area contributed by atoms with Crippen molar-refractivity contribution >= 4 is 23.6 Å². The third-order valence-corrected chi connectivity index (χ3v) is 3.84. The molecule has 2 amide bonds. The van der Waals surface area contributed by atoms with Crippen molar-refractivity contribution in [1.29, 1.82) is 0 Å². The molecule has 0 heterocycles. The number of nitrogens with one attached hydrogen (secondary N) is 2. The minimum Gasteiger partial charge on any atom is -0.493 e. The van der Waals surface area contributed by atoms with E-state index in [1.165, 1.54) is 18.2 Å². The molecule has 2 aromatic carbocycles. The summed E-state index contributed by atoms with van der Waals surface area (Å²) in [5.41, 5.74) is 1.73. The smallest absolute Gasteiger partial charge is 0.405 e. The molecule has 0 fully saturated rings. The van der Waals surface area contributed by atoms with Crippen molar-refractivity contribution in [2.24, 2.45) is 0 Å². The van der Waals surface area contributed by atoms with Crippen LogP contribution in [0.15, 0.2) is 48.5 Å². The second kappa shape index (κ2) is 9.77. The molecular weight excluding hydrogens is 385 g/mol. The predicted octanol–water partition coefficient (Wildman–Crippen LogP) is 4.34. The van der Waals surface area contributed by atoms with Gasteiger partial charge in [0.05, 0.1) is 6.61 Å². The molecule has 0 radical (unpaired) electrons. The van der Waals surface area contributed by atoms with Gasteiger partial charge in [-0.05, 0) is 43.7 Å². The van der Waals surface area contributed by atoms with E-state index in [0.29, 0.717) is 23.6 Å². The summed E-state index contributed by atoms with van der Waals surface area (Å²) in [5, 5.41) is 4.43. The van der Waals surface area contributed by atoms with E-state index in [2.05, 4.69) is 5.32 Å². The van der Waals surface area contributed by atoms with Gasteiger partial charge in [-0.2, -0.15) is 13.2 Å². The van der Waals surface area contributed by atoms with E-state index in [1.54, 1.807) is 36.5 Å². The Balaban J connectivity index is 2.09. The Morgan fingerprint density at radius 2 is 1.86 bits per heavy atom. The topological polar surface area (TPSA) is 67.4 Å². The van der Waals surface area contributed by atoms with Gasteiger partial charge in [-0.3, -0.25) is 9.59 Å². The fraction of sp³-hybridized carbons (Fsp3) is 0.238. The van der Waals surface area contributed by atoms with Crippen LogP contribution < -0.4 is 15.4 Å². The molecule has 154 valence electrons. The van der Waals surface area contributed by atoms with Gasteiger partial charge in [-0.1, -0.05) is 24.3 Å². The van der Waals surface area contributed by atoms with Crippen LogP contribution in [0.4, 0.5) is 18.9 Å². The van der Waals surface area contributed by atoms with Crippen molar-refractivity contribution in [3.05, 3.63) is 65.2 Å². The van der Waals surface area contributed by atoms with Crippen LogP contribution >= 0.6 is 0 Å². The van der Waals surface area contributed by atoms with E-state index in [4.69, 9.17) is 4.74 Å². The molecule has 0 bridgehead atoms. The minimum atomic E-state index is -4.50. The Kier molecular flexibility index (Phi) is 7.41. The monoisotopic (exact) mass is 406 g/mol. The van der Waals surface area contributed by atoms with Gasteiger partial charge in [-0.25, -0.2) is 0 Å². The number of halogens is 3. The quantitative estimate of drug-likeness (QED) is 0.673. The lowest BCUT2D eigenvalue weighted by atomic mass is 10.1. The van der Waals surface area contributed by atoms with Gasteiger partial charge in [0, 0.05) is 22.9 Å². The average molecular weight is 406 g/mol. The zero-order chi connectivity index (χ0) is 21.4. The molecule has 0 atom stereocenters. The van der Waals surface area contributed by atoms with Crippen molar-refractivity contribution in [3.8, 4) is 5.75 Å². The van der Waals surface area contributed by atoms with E-state index < -0.39 is 24.5 Å². The lowest BCUT2D eigenvalue weighted by Gasteiger charge is -2.11. The van der Waals surface area contributed by atoms with Crippen molar-refractivity contribution < 1.29 is 27.5 Å². The maximum absolute atomic E-state index is 12.3. The number of aryl methyl sites for hydroxylation is 1. The number of hydrogen-bond acceptors (Lipinski definition) is 3. The Labute approximate surface area is 166 Å². The zero-order valence-electron chi connectivity index (χ0n) is 16.0. The molecule has 0 aliphatic heterocycles. The fourth-order valence-corrected chi connectivity index (χ4v) is 2.43. The summed E-state index contributed by atoms with van der Waals surface area (Å²) >= 11 is 0. The van der Waals surface area contributed by atoms with E-state index in [-0.39, 0.29) is 5.56 Å². The number of rotatable bonds is 7. The van der Waals surface area contributed by atoms with E-state index in [1.807, 2.05) is 19.1 Å². The Hall–Kier alpha value is -3.29.